The topological polar surface area (TPSA) is 65.8 Å². The Bertz CT molecular complexity index is 1540. The molecule has 3 aromatic carbocycles. The second-order valence-corrected chi connectivity index (χ2v) is 10.3. The molecule has 1 amide bonds. The van der Waals surface area contributed by atoms with Gasteiger partial charge in [0.15, 0.2) is 5.78 Å². The number of ketones is 1. The first-order valence-corrected chi connectivity index (χ1v) is 14.0. The van der Waals surface area contributed by atoms with Gasteiger partial charge in [-0.05, 0) is 80.3 Å². The van der Waals surface area contributed by atoms with Crippen LogP contribution in [0, 0.1) is 0 Å². The highest BCUT2D eigenvalue weighted by Gasteiger charge is 2.43. The molecule has 0 unspecified atom stereocenters. The molecule has 40 heavy (non-hydrogen) atoms. The van der Waals surface area contributed by atoms with Crippen LogP contribution in [0.5, 0.6) is 0 Å². The number of Topliss-reactive ketones (excluding diaryl/α,β-unsaturated/α-hetero) is 1. The first kappa shape index (κ1) is 25.7. The molecular formula is C34H33N3O3. The van der Waals surface area contributed by atoms with Crippen LogP contribution in [-0.4, -0.2) is 24.8 Å². The van der Waals surface area contributed by atoms with E-state index in [1.165, 1.54) is 5.69 Å². The van der Waals surface area contributed by atoms with E-state index in [1.807, 2.05) is 48.5 Å². The van der Waals surface area contributed by atoms with Crippen molar-refractivity contribution in [3.8, 4) is 0 Å². The minimum atomic E-state index is -0.688. The van der Waals surface area contributed by atoms with Crippen LogP contribution >= 0.6 is 0 Å². The van der Waals surface area contributed by atoms with Gasteiger partial charge in [0, 0.05) is 42.0 Å². The summed E-state index contributed by atoms with van der Waals surface area (Å²) in [5.74, 6) is 0.425. The Morgan fingerprint density at radius 2 is 1.62 bits per heavy atom. The van der Waals surface area contributed by atoms with Crippen molar-refractivity contribution < 1.29 is 14.0 Å². The minimum absolute atomic E-state index is 0.0200. The van der Waals surface area contributed by atoms with E-state index in [2.05, 4.69) is 48.3 Å². The van der Waals surface area contributed by atoms with Gasteiger partial charge in [-0.1, -0.05) is 42.5 Å². The molecule has 4 aromatic rings. The molecule has 6 rings (SSSR count). The van der Waals surface area contributed by atoms with Crippen LogP contribution in [0.3, 0.4) is 0 Å². The lowest BCUT2D eigenvalue weighted by molar-refractivity contribution is -0.116. The molecule has 1 aliphatic heterocycles. The number of anilines is 3. The molecule has 0 fully saturated rings. The van der Waals surface area contributed by atoms with E-state index in [0.29, 0.717) is 35.4 Å². The Morgan fingerprint density at radius 3 is 2.33 bits per heavy atom. The maximum Gasteiger partial charge on any atom is 0.259 e. The van der Waals surface area contributed by atoms with Crippen molar-refractivity contribution in [3.63, 3.8) is 0 Å². The van der Waals surface area contributed by atoms with Gasteiger partial charge in [-0.25, -0.2) is 0 Å². The lowest BCUT2D eigenvalue weighted by atomic mass is 9.79. The van der Waals surface area contributed by atoms with Crippen LogP contribution in [0.2, 0.25) is 0 Å². The number of fused-ring (bicyclic) bond motifs is 1. The van der Waals surface area contributed by atoms with Crippen LogP contribution in [0.1, 0.15) is 60.3 Å². The fraction of sp³-hybridized carbons (Fsp3) is 0.235. The molecule has 6 heteroatoms. The van der Waals surface area contributed by atoms with E-state index in [1.54, 1.807) is 29.4 Å². The molecule has 0 spiro atoms. The number of hydrogen-bond acceptors (Lipinski definition) is 5. The van der Waals surface area contributed by atoms with Crippen LogP contribution < -0.4 is 15.1 Å². The summed E-state index contributed by atoms with van der Waals surface area (Å²) in [5, 5.41) is 3.58. The molecule has 0 bridgehead atoms. The molecule has 2 atom stereocenters. The highest BCUT2D eigenvalue weighted by Crippen LogP contribution is 2.48. The second-order valence-electron chi connectivity index (χ2n) is 10.3. The molecule has 1 aromatic heterocycles. The SMILES string of the molecule is CCN(CC)c1ccc([C@H]2CC(=O)C3=C(C2)Nc2ccccc2N(C(=O)c2ccccc2)[C@@H]3c2ccco2)cc1. The third-order valence-electron chi connectivity index (χ3n) is 8.03. The largest absolute Gasteiger partial charge is 0.467 e. The number of rotatable bonds is 6. The van der Waals surface area contributed by atoms with Gasteiger partial charge >= 0.3 is 0 Å². The smallest absolute Gasteiger partial charge is 0.259 e. The Hall–Kier alpha value is -4.58. The van der Waals surface area contributed by atoms with E-state index in [4.69, 9.17) is 4.42 Å². The van der Waals surface area contributed by atoms with Crippen molar-refractivity contribution >= 4 is 28.8 Å². The summed E-state index contributed by atoms with van der Waals surface area (Å²) in [6.07, 6.45) is 2.62. The number of allylic oxidation sites excluding steroid dienone is 1. The van der Waals surface area contributed by atoms with Gasteiger partial charge < -0.3 is 14.6 Å². The number of carbonyl (C=O) groups is 2. The number of para-hydroxylation sites is 2. The number of hydrogen-bond donors (Lipinski definition) is 1. The maximum atomic E-state index is 14.1. The highest BCUT2D eigenvalue weighted by atomic mass is 16.3. The second kappa shape index (κ2) is 10.9. The standard InChI is InChI=1S/C34H33N3O3/c1-3-36(4-2)26-18-16-23(17-19-26)25-21-28-32(30(38)22-25)33(31-15-10-20-40-31)37(29-14-9-8-13-27(29)35-28)34(39)24-11-6-5-7-12-24/h5-20,25,33,35H,3-4,21-22H2,1-2H3/t25-,33-/m1/s1. The van der Waals surface area contributed by atoms with Crippen LogP contribution in [0.25, 0.3) is 0 Å². The van der Waals surface area contributed by atoms with Crippen LogP contribution in [0.15, 0.2) is 113 Å². The van der Waals surface area contributed by atoms with Crippen molar-refractivity contribution in [1.82, 2.24) is 0 Å². The molecule has 0 saturated carbocycles. The van der Waals surface area contributed by atoms with Gasteiger partial charge in [0.2, 0.25) is 0 Å². The third kappa shape index (κ3) is 4.60. The van der Waals surface area contributed by atoms with Gasteiger partial charge in [0.25, 0.3) is 5.91 Å². The summed E-state index contributed by atoms with van der Waals surface area (Å²) in [7, 11) is 0. The van der Waals surface area contributed by atoms with Crippen molar-refractivity contribution in [1.29, 1.82) is 0 Å². The zero-order valence-corrected chi connectivity index (χ0v) is 22.8. The molecular weight excluding hydrogens is 498 g/mol. The molecule has 2 aliphatic rings. The summed E-state index contributed by atoms with van der Waals surface area (Å²) in [4.78, 5) is 32.3. The summed E-state index contributed by atoms with van der Waals surface area (Å²) in [5.41, 5.74) is 5.80. The van der Waals surface area contributed by atoms with E-state index in [9.17, 15) is 9.59 Å². The lowest BCUT2D eigenvalue weighted by Crippen LogP contribution is -2.38. The fourth-order valence-electron chi connectivity index (χ4n) is 6.03. The number of amides is 1. The van der Waals surface area contributed by atoms with Gasteiger partial charge in [-0.2, -0.15) is 0 Å². The average Bonchev–Trinajstić information content (AvgIpc) is 3.48. The van der Waals surface area contributed by atoms with Gasteiger partial charge in [-0.15, -0.1) is 0 Å². The Labute approximate surface area is 234 Å². The molecule has 1 aliphatic carbocycles. The van der Waals surface area contributed by atoms with E-state index < -0.39 is 6.04 Å². The number of carbonyl (C=O) groups excluding carboxylic acids is 2. The summed E-state index contributed by atoms with van der Waals surface area (Å²) < 4.78 is 5.91. The van der Waals surface area contributed by atoms with Crippen molar-refractivity contribution in [3.05, 3.63) is 125 Å². The molecule has 6 nitrogen and oxygen atoms in total. The van der Waals surface area contributed by atoms with Crippen molar-refractivity contribution in [2.45, 2.75) is 38.6 Å². The predicted octanol–water partition coefficient (Wildman–Crippen LogP) is 7.34. The van der Waals surface area contributed by atoms with E-state index in [0.717, 1.165) is 30.0 Å². The van der Waals surface area contributed by atoms with Crippen molar-refractivity contribution in [2.75, 3.05) is 28.2 Å². The van der Waals surface area contributed by atoms with E-state index >= 15 is 0 Å². The first-order valence-electron chi connectivity index (χ1n) is 14.0. The van der Waals surface area contributed by atoms with Crippen LogP contribution in [-0.2, 0) is 4.79 Å². The Morgan fingerprint density at radius 1 is 0.900 bits per heavy atom. The molecule has 1 N–H and O–H groups in total. The first-order chi connectivity index (χ1) is 19.6. The minimum Gasteiger partial charge on any atom is -0.467 e. The van der Waals surface area contributed by atoms with Crippen LogP contribution in [0.4, 0.5) is 17.1 Å². The average molecular weight is 532 g/mol. The summed E-state index contributed by atoms with van der Waals surface area (Å²) >= 11 is 0. The number of benzene rings is 3. The Balaban J connectivity index is 1.45. The summed E-state index contributed by atoms with van der Waals surface area (Å²) in [6.45, 7) is 6.21. The fourth-order valence-corrected chi connectivity index (χ4v) is 6.03. The third-order valence-corrected chi connectivity index (χ3v) is 8.03. The maximum absolute atomic E-state index is 14.1. The molecule has 0 radical (unpaired) electrons. The number of furan rings is 1. The number of nitrogens with zero attached hydrogens (tertiary/aromatic N) is 2. The highest BCUT2D eigenvalue weighted by molar-refractivity contribution is 6.11. The zero-order valence-electron chi connectivity index (χ0n) is 22.8. The monoisotopic (exact) mass is 531 g/mol. The lowest BCUT2D eigenvalue weighted by Gasteiger charge is -2.33. The van der Waals surface area contributed by atoms with Gasteiger partial charge in [-0.3, -0.25) is 14.5 Å². The molecule has 0 saturated heterocycles. The number of nitrogens with one attached hydrogen (secondary N) is 1. The van der Waals surface area contributed by atoms with E-state index in [-0.39, 0.29) is 17.6 Å². The summed E-state index contributed by atoms with van der Waals surface area (Å²) in [6, 6.07) is 28.5. The quantitative estimate of drug-likeness (QED) is 0.282. The van der Waals surface area contributed by atoms with Crippen molar-refractivity contribution in [2.24, 2.45) is 0 Å². The Kier molecular flexibility index (Phi) is 6.99. The zero-order chi connectivity index (χ0) is 27.6. The molecule has 202 valence electrons. The molecule has 2 heterocycles. The van der Waals surface area contributed by atoms with Gasteiger partial charge in [0.05, 0.1) is 17.6 Å². The van der Waals surface area contributed by atoms with Gasteiger partial charge in [0.1, 0.15) is 11.8 Å². The normalized spacial score (nSPS) is 18.4. The predicted molar refractivity (Wildman–Crippen MR) is 159 cm³/mol.